The average molecular weight is 238 g/mol. The molecule has 2 heteroatoms. The van der Waals surface area contributed by atoms with Crippen molar-refractivity contribution in [3.8, 4) is 0 Å². The van der Waals surface area contributed by atoms with Gasteiger partial charge in [-0.05, 0) is 63.5 Å². The number of piperidine rings is 1. The molecule has 1 saturated carbocycles. The Morgan fingerprint density at radius 1 is 1.29 bits per heavy atom. The maximum atomic E-state index is 3.78. The molecule has 2 aliphatic rings. The van der Waals surface area contributed by atoms with Gasteiger partial charge in [0.05, 0.1) is 0 Å². The molecule has 0 bridgehead atoms. The van der Waals surface area contributed by atoms with Gasteiger partial charge in [0, 0.05) is 12.6 Å². The summed E-state index contributed by atoms with van der Waals surface area (Å²) < 4.78 is 0. The van der Waals surface area contributed by atoms with E-state index in [1.165, 1.54) is 64.6 Å². The van der Waals surface area contributed by atoms with Gasteiger partial charge in [-0.2, -0.15) is 0 Å². The second-order valence-corrected chi connectivity index (χ2v) is 6.44. The minimum Gasteiger partial charge on any atom is -0.316 e. The summed E-state index contributed by atoms with van der Waals surface area (Å²) in [6.07, 6.45) is 9.91. The van der Waals surface area contributed by atoms with Crippen molar-refractivity contribution in [1.29, 1.82) is 0 Å². The van der Waals surface area contributed by atoms with Crippen LogP contribution in [0, 0.1) is 11.3 Å². The smallest absolute Gasteiger partial charge is 0.00418 e. The van der Waals surface area contributed by atoms with Crippen LogP contribution in [0.3, 0.4) is 0 Å². The molecule has 100 valence electrons. The molecule has 0 radical (unpaired) electrons. The Labute approximate surface area is 107 Å². The van der Waals surface area contributed by atoms with Crippen LogP contribution in [0.2, 0.25) is 0 Å². The molecule has 0 aromatic carbocycles. The first-order chi connectivity index (χ1) is 8.24. The zero-order chi connectivity index (χ0) is 12.1. The molecule has 0 aromatic heterocycles. The lowest BCUT2D eigenvalue weighted by Gasteiger charge is -2.31. The molecule has 0 aromatic rings. The van der Waals surface area contributed by atoms with Crippen molar-refractivity contribution in [2.75, 3.05) is 19.6 Å². The Morgan fingerprint density at radius 2 is 2.06 bits per heavy atom. The Bertz CT molecular complexity index is 221. The maximum Gasteiger partial charge on any atom is 0.00418 e. The van der Waals surface area contributed by atoms with Gasteiger partial charge in [-0.3, -0.25) is 0 Å². The first-order valence-electron chi connectivity index (χ1n) is 7.68. The van der Waals surface area contributed by atoms with Crippen LogP contribution >= 0.6 is 0 Å². The monoisotopic (exact) mass is 238 g/mol. The van der Waals surface area contributed by atoms with E-state index in [4.69, 9.17) is 0 Å². The van der Waals surface area contributed by atoms with Crippen molar-refractivity contribution in [1.82, 2.24) is 10.6 Å². The summed E-state index contributed by atoms with van der Waals surface area (Å²) in [6.45, 7) is 8.41. The lowest BCUT2D eigenvalue weighted by Crippen LogP contribution is -2.41. The first-order valence-corrected chi connectivity index (χ1v) is 7.68. The largest absolute Gasteiger partial charge is 0.316 e. The zero-order valence-corrected chi connectivity index (χ0v) is 11.7. The third kappa shape index (κ3) is 3.69. The summed E-state index contributed by atoms with van der Waals surface area (Å²) in [4.78, 5) is 0. The van der Waals surface area contributed by atoms with Crippen molar-refractivity contribution in [3.63, 3.8) is 0 Å². The van der Waals surface area contributed by atoms with Crippen molar-refractivity contribution in [2.45, 2.75) is 64.8 Å². The molecule has 1 saturated heterocycles. The van der Waals surface area contributed by atoms with Gasteiger partial charge in [0.15, 0.2) is 0 Å². The van der Waals surface area contributed by atoms with Gasteiger partial charge < -0.3 is 10.6 Å². The summed E-state index contributed by atoms with van der Waals surface area (Å²) in [7, 11) is 0. The van der Waals surface area contributed by atoms with Crippen LogP contribution < -0.4 is 10.6 Å². The molecular weight excluding hydrogens is 208 g/mol. The highest BCUT2D eigenvalue weighted by atomic mass is 14.9. The maximum absolute atomic E-state index is 3.78. The van der Waals surface area contributed by atoms with E-state index in [1.807, 2.05) is 0 Å². The van der Waals surface area contributed by atoms with Crippen LogP contribution in [0.4, 0.5) is 0 Å². The van der Waals surface area contributed by atoms with Gasteiger partial charge in [-0.1, -0.05) is 19.8 Å². The molecule has 2 fully saturated rings. The third-order valence-corrected chi connectivity index (χ3v) is 5.08. The van der Waals surface area contributed by atoms with E-state index in [-0.39, 0.29) is 0 Å². The van der Waals surface area contributed by atoms with Gasteiger partial charge in [0.25, 0.3) is 0 Å². The summed E-state index contributed by atoms with van der Waals surface area (Å²) in [5.41, 5.74) is 0.651. The molecule has 1 heterocycles. The van der Waals surface area contributed by atoms with Gasteiger partial charge >= 0.3 is 0 Å². The van der Waals surface area contributed by atoms with E-state index in [2.05, 4.69) is 24.5 Å². The van der Waals surface area contributed by atoms with E-state index in [1.54, 1.807) is 0 Å². The summed E-state index contributed by atoms with van der Waals surface area (Å²) in [5.74, 6) is 0.904. The molecule has 17 heavy (non-hydrogen) atoms. The van der Waals surface area contributed by atoms with Gasteiger partial charge in [0.1, 0.15) is 0 Å². The lowest BCUT2D eigenvalue weighted by molar-refractivity contribution is 0.245. The van der Waals surface area contributed by atoms with Crippen molar-refractivity contribution in [2.24, 2.45) is 11.3 Å². The Balaban J connectivity index is 1.67. The van der Waals surface area contributed by atoms with Crippen LogP contribution in [0.25, 0.3) is 0 Å². The number of hydrogen-bond acceptors (Lipinski definition) is 2. The topological polar surface area (TPSA) is 24.1 Å². The van der Waals surface area contributed by atoms with Crippen molar-refractivity contribution < 1.29 is 0 Å². The fraction of sp³-hybridized carbons (Fsp3) is 1.00. The summed E-state index contributed by atoms with van der Waals surface area (Å²) in [5, 5.41) is 7.32. The van der Waals surface area contributed by atoms with E-state index >= 15 is 0 Å². The standard InChI is InChI=1S/C15H30N2/c1-3-15(7-4-5-8-15)12-16-11-14-6-9-17-13(2)10-14/h13-14,16-17H,3-12H2,1-2H3. The fourth-order valence-corrected chi connectivity index (χ4v) is 3.74. The summed E-state index contributed by atoms with van der Waals surface area (Å²) >= 11 is 0. The SMILES string of the molecule is CCC1(CNCC2CCNC(C)C2)CCCC1. The number of nitrogens with one attached hydrogen (secondary N) is 2. The molecule has 2 rings (SSSR count). The minimum absolute atomic E-state index is 0.651. The normalized spacial score (nSPS) is 32.8. The molecule has 2 atom stereocenters. The predicted molar refractivity (Wildman–Crippen MR) is 74.3 cm³/mol. The Kier molecular flexibility index (Phi) is 4.87. The van der Waals surface area contributed by atoms with Crippen LogP contribution in [0.15, 0.2) is 0 Å². The summed E-state index contributed by atoms with van der Waals surface area (Å²) in [6, 6.07) is 0.724. The first kappa shape index (κ1) is 13.4. The van der Waals surface area contributed by atoms with Crippen LogP contribution in [-0.2, 0) is 0 Å². The third-order valence-electron chi connectivity index (χ3n) is 5.08. The van der Waals surface area contributed by atoms with Gasteiger partial charge in [0.2, 0.25) is 0 Å². The average Bonchev–Trinajstić information content (AvgIpc) is 2.79. The molecular formula is C15H30N2. The molecule has 2 nitrogen and oxygen atoms in total. The Morgan fingerprint density at radius 3 is 2.71 bits per heavy atom. The highest BCUT2D eigenvalue weighted by Crippen LogP contribution is 2.40. The van der Waals surface area contributed by atoms with Crippen LogP contribution in [0.5, 0.6) is 0 Å². The van der Waals surface area contributed by atoms with Gasteiger partial charge in [-0.15, -0.1) is 0 Å². The minimum atomic E-state index is 0.651. The Hall–Kier alpha value is -0.0800. The molecule has 2 unspecified atom stereocenters. The molecule has 1 aliphatic carbocycles. The molecule has 0 spiro atoms. The lowest BCUT2D eigenvalue weighted by atomic mass is 9.83. The molecule has 2 N–H and O–H groups in total. The van der Waals surface area contributed by atoms with Crippen LogP contribution in [0.1, 0.15) is 58.8 Å². The second kappa shape index (κ2) is 6.19. The second-order valence-electron chi connectivity index (χ2n) is 6.44. The van der Waals surface area contributed by atoms with Crippen LogP contribution in [-0.4, -0.2) is 25.7 Å². The predicted octanol–water partition coefficient (Wildman–Crippen LogP) is 2.93. The van der Waals surface area contributed by atoms with E-state index in [0.29, 0.717) is 5.41 Å². The van der Waals surface area contributed by atoms with Gasteiger partial charge in [-0.25, -0.2) is 0 Å². The fourth-order valence-electron chi connectivity index (χ4n) is 3.74. The number of rotatable bonds is 5. The highest BCUT2D eigenvalue weighted by molar-refractivity contribution is 4.86. The zero-order valence-electron chi connectivity index (χ0n) is 11.7. The van der Waals surface area contributed by atoms with E-state index in [0.717, 1.165) is 12.0 Å². The van der Waals surface area contributed by atoms with Crippen molar-refractivity contribution in [3.05, 3.63) is 0 Å². The van der Waals surface area contributed by atoms with E-state index < -0.39 is 0 Å². The highest BCUT2D eigenvalue weighted by Gasteiger charge is 2.31. The van der Waals surface area contributed by atoms with E-state index in [9.17, 15) is 0 Å². The molecule has 0 amide bonds. The molecule has 1 aliphatic heterocycles. The van der Waals surface area contributed by atoms with Crippen molar-refractivity contribution >= 4 is 0 Å². The number of hydrogen-bond donors (Lipinski definition) is 2. The quantitative estimate of drug-likeness (QED) is 0.769.